The Morgan fingerprint density at radius 3 is 2.78 bits per heavy atom. The van der Waals surface area contributed by atoms with Gasteiger partial charge in [-0.15, -0.1) is 0 Å². The van der Waals surface area contributed by atoms with Gasteiger partial charge in [-0.25, -0.2) is 0 Å². The van der Waals surface area contributed by atoms with Crippen LogP contribution in [0.15, 0.2) is 59.8 Å². The summed E-state index contributed by atoms with van der Waals surface area (Å²) in [6, 6.07) is 6.18. The van der Waals surface area contributed by atoms with Crippen molar-refractivity contribution >= 4 is 45.7 Å². The number of pyridine rings is 2. The van der Waals surface area contributed by atoms with Crippen molar-refractivity contribution in [3.05, 3.63) is 76.0 Å². The highest BCUT2D eigenvalue weighted by atomic mass is 32.1. The van der Waals surface area contributed by atoms with Crippen molar-refractivity contribution < 1.29 is 0 Å². The summed E-state index contributed by atoms with van der Waals surface area (Å²) in [4.78, 5) is 12.1. The van der Waals surface area contributed by atoms with E-state index in [1.807, 2.05) is 50.7 Å². The van der Waals surface area contributed by atoms with Crippen molar-refractivity contribution in [1.29, 1.82) is 0 Å². The number of hydrogen-bond acceptors (Lipinski definition) is 5. The number of anilines is 1. The van der Waals surface area contributed by atoms with E-state index >= 15 is 0 Å². The number of aromatic amines is 2. The monoisotopic (exact) mass is 438 g/mol. The van der Waals surface area contributed by atoms with Gasteiger partial charge in [-0.1, -0.05) is 12.2 Å². The van der Waals surface area contributed by atoms with Crippen LogP contribution in [0.1, 0.15) is 19.4 Å². The highest BCUT2D eigenvalue weighted by molar-refractivity contribution is 7.08. The van der Waals surface area contributed by atoms with E-state index in [2.05, 4.69) is 54.1 Å². The van der Waals surface area contributed by atoms with Crippen LogP contribution in [0.5, 0.6) is 0 Å². The van der Waals surface area contributed by atoms with Crippen LogP contribution in [0.25, 0.3) is 51.1 Å². The van der Waals surface area contributed by atoms with Gasteiger partial charge in [-0.3, -0.25) is 15.1 Å². The number of nitrogens with two attached hydrogens (primary N) is 1. The van der Waals surface area contributed by atoms with Crippen LogP contribution in [0.2, 0.25) is 0 Å². The van der Waals surface area contributed by atoms with Gasteiger partial charge in [0.05, 0.1) is 28.4 Å². The Morgan fingerprint density at radius 2 is 2.00 bits per heavy atom. The molecule has 0 fully saturated rings. The molecule has 0 amide bonds. The number of nitrogens with one attached hydrogen (secondary N) is 2. The quantitative estimate of drug-likeness (QED) is 0.389. The molecule has 5 aromatic rings. The van der Waals surface area contributed by atoms with Crippen molar-refractivity contribution in [3.63, 3.8) is 0 Å². The second-order valence-corrected chi connectivity index (χ2v) is 8.33. The van der Waals surface area contributed by atoms with Crippen molar-refractivity contribution in [2.24, 2.45) is 0 Å². The number of rotatable bonds is 4. The minimum atomic E-state index is 0.650. The van der Waals surface area contributed by atoms with Crippen LogP contribution in [-0.4, -0.2) is 25.1 Å². The first kappa shape index (κ1) is 20.0. The first-order valence-corrected chi connectivity index (χ1v) is 11.2. The molecule has 0 aliphatic heterocycles. The number of hydrogen-bond donors (Lipinski definition) is 3. The number of fused-ring (bicyclic) bond motifs is 1. The molecule has 5 heterocycles. The molecule has 7 heteroatoms. The Kier molecular flexibility index (Phi) is 5.17. The fourth-order valence-corrected chi connectivity index (χ4v) is 4.45. The summed E-state index contributed by atoms with van der Waals surface area (Å²) < 4.78 is 0. The van der Waals surface area contributed by atoms with E-state index in [1.54, 1.807) is 17.5 Å². The number of aromatic nitrogens is 5. The van der Waals surface area contributed by atoms with Gasteiger partial charge in [-0.05, 0) is 65.6 Å². The molecule has 5 aromatic heterocycles. The van der Waals surface area contributed by atoms with Gasteiger partial charge in [0.1, 0.15) is 5.69 Å². The lowest BCUT2D eigenvalue weighted by Gasteiger charge is -2.00. The van der Waals surface area contributed by atoms with E-state index in [-0.39, 0.29) is 0 Å². The fraction of sp³-hybridized carbons (Fsp3) is 0.0800. The van der Waals surface area contributed by atoms with Crippen molar-refractivity contribution in [1.82, 2.24) is 25.1 Å². The zero-order valence-electron chi connectivity index (χ0n) is 17.8. The van der Waals surface area contributed by atoms with Gasteiger partial charge >= 0.3 is 0 Å². The van der Waals surface area contributed by atoms with E-state index in [0.29, 0.717) is 5.69 Å². The topological polar surface area (TPSA) is 96.3 Å². The Labute approximate surface area is 188 Å². The van der Waals surface area contributed by atoms with Gasteiger partial charge in [0.15, 0.2) is 0 Å². The molecule has 0 aliphatic carbocycles. The molecule has 158 valence electrons. The highest BCUT2D eigenvalue weighted by Crippen LogP contribution is 2.31. The van der Waals surface area contributed by atoms with Gasteiger partial charge in [0.25, 0.3) is 0 Å². The molecular formula is C25H22N6S. The Morgan fingerprint density at radius 1 is 1.12 bits per heavy atom. The average molecular weight is 439 g/mol. The summed E-state index contributed by atoms with van der Waals surface area (Å²) in [5.41, 5.74) is 13.7. The molecule has 0 aromatic carbocycles. The number of thiophene rings is 1. The van der Waals surface area contributed by atoms with Crippen molar-refractivity contribution in [3.8, 4) is 22.5 Å². The van der Waals surface area contributed by atoms with Crippen LogP contribution < -0.4 is 16.3 Å². The molecule has 0 saturated heterocycles. The predicted molar refractivity (Wildman–Crippen MR) is 133 cm³/mol. The zero-order valence-corrected chi connectivity index (χ0v) is 18.6. The van der Waals surface area contributed by atoms with E-state index < -0.39 is 0 Å². The third kappa shape index (κ3) is 3.63. The molecule has 0 saturated carbocycles. The van der Waals surface area contributed by atoms with Crippen LogP contribution in [0.4, 0.5) is 5.69 Å². The maximum absolute atomic E-state index is 5.86. The smallest absolute Gasteiger partial charge is 0.116 e. The number of H-pyrrole nitrogens is 2. The van der Waals surface area contributed by atoms with Crippen LogP contribution in [0.3, 0.4) is 0 Å². The van der Waals surface area contributed by atoms with Crippen LogP contribution in [0, 0.1) is 0 Å². The average Bonchev–Trinajstić information content (AvgIpc) is 3.56. The third-order valence-electron chi connectivity index (χ3n) is 5.47. The summed E-state index contributed by atoms with van der Waals surface area (Å²) >= 11 is 1.68. The SMILES string of the molecule is C\C=c1/c(-c2cc3c(-c4ccsc4)cncc3[nH]2)n[nH]/c1=C/C=C(\C)c1cncc(N)c1. The Balaban J connectivity index is 1.58. The molecular weight excluding hydrogens is 416 g/mol. The maximum atomic E-state index is 5.86. The Hall–Kier alpha value is -3.97. The second kappa shape index (κ2) is 8.28. The lowest BCUT2D eigenvalue weighted by Crippen LogP contribution is -2.23. The Bertz CT molecular complexity index is 1550. The van der Waals surface area contributed by atoms with Crippen molar-refractivity contribution in [2.45, 2.75) is 13.8 Å². The summed E-state index contributed by atoms with van der Waals surface area (Å²) in [5, 5.41) is 15.1. The third-order valence-corrected chi connectivity index (χ3v) is 6.15. The highest BCUT2D eigenvalue weighted by Gasteiger charge is 2.12. The minimum absolute atomic E-state index is 0.650. The van der Waals surface area contributed by atoms with Gasteiger partial charge in [0.2, 0.25) is 0 Å². The van der Waals surface area contributed by atoms with E-state index in [0.717, 1.165) is 49.6 Å². The van der Waals surface area contributed by atoms with Crippen LogP contribution >= 0.6 is 11.3 Å². The molecule has 32 heavy (non-hydrogen) atoms. The van der Waals surface area contributed by atoms with Gasteiger partial charge in [0, 0.05) is 34.8 Å². The lowest BCUT2D eigenvalue weighted by molar-refractivity contribution is 1.06. The van der Waals surface area contributed by atoms with Crippen molar-refractivity contribution in [2.75, 3.05) is 5.73 Å². The molecule has 4 N–H and O–H groups in total. The molecule has 6 nitrogen and oxygen atoms in total. The minimum Gasteiger partial charge on any atom is -0.397 e. The first-order chi connectivity index (χ1) is 15.6. The molecule has 0 aliphatic rings. The predicted octanol–water partition coefficient (Wildman–Crippen LogP) is 4.34. The molecule has 0 unspecified atom stereocenters. The van der Waals surface area contributed by atoms with E-state index in [1.165, 1.54) is 5.56 Å². The standard InChI is InChI=1S/C25H22N6S/c1-3-19-22(5-4-15(2)17-8-18(26)11-27-10-17)30-31-25(19)23-9-20-21(16-6-7-32-14-16)12-28-13-24(20)29-23/h3-14,29-30H,26H2,1-2H3/b15-4+,19-3-,22-5+. The van der Waals surface area contributed by atoms with Gasteiger partial charge in [-0.2, -0.15) is 16.4 Å². The first-order valence-electron chi connectivity index (χ1n) is 10.2. The molecule has 0 radical (unpaired) electrons. The molecule has 0 atom stereocenters. The summed E-state index contributed by atoms with van der Waals surface area (Å²) in [5.74, 6) is 0. The normalized spacial score (nSPS) is 13.4. The zero-order chi connectivity index (χ0) is 22.1. The summed E-state index contributed by atoms with van der Waals surface area (Å²) in [6.45, 7) is 4.06. The summed E-state index contributed by atoms with van der Waals surface area (Å²) in [6.07, 6.45) is 13.4. The summed E-state index contributed by atoms with van der Waals surface area (Å²) in [7, 11) is 0. The molecule has 5 rings (SSSR count). The maximum Gasteiger partial charge on any atom is 0.116 e. The molecule has 0 bridgehead atoms. The van der Waals surface area contributed by atoms with E-state index in [9.17, 15) is 0 Å². The lowest BCUT2D eigenvalue weighted by atomic mass is 10.1. The van der Waals surface area contributed by atoms with Gasteiger partial charge < -0.3 is 10.7 Å². The second-order valence-electron chi connectivity index (χ2n) is 7.55. The number of nitrogens with zero attached hydrogens (tertiary/aromatic N) is 3. The number of nitrogen functional groups attached to an aromatic ring is 1. The van der Waals surface area contributed by atoms with E-state index in [4.69, 9.17) is 5.73 Å². The van der Waals surface area contributed by atoms with Crippen LogP contribution in [-0.2, 0) is 0 Å². The molecule has 0 spiro atoms. The fourth-order valence-electron chi connectivity index (χ4n) is 3.79. The number of allylic oxidation sites excluding steroid dienone is 2. The largest absolute Gasteiger partial charge is 0.397 e.